The molecule has 148 valence electrons. The fraction of sp³-hybridized carbons (Fsp3) is 0.316. The largest absolute Gasteiger partial charge is 0.459 e. The third-order valence-electron chi connectivity index (χ3n) is 4.40. The maximum atomic E-state index is 12.9. The standard InChI is InChI=1S/C19H18F3N3O3/c1-3-11(2)15(23-17(26)14-8-5-9-27-14)18-24-16(25-28-18)12-6-4-7-13(10-12)19(20,21)22/h4-11,15H,3H2,1-2H3,(H,23,26)/t11-,15+/m1/s1. The number of nitrogens with zero attached hydrogens (tertiary/aromatic N) is 2. The van der Waals surface area contributed by atoms with Crippen molar-refractivity contribution in [3.05, 3.63) is 59.9 Å². The Hall–Kier alpha value is -3.10. The zero-order valence-corrected chi connectivity index (χ0v) is 15.2. The van der Waals surface area contributed by atoms with Gasteiger partial charge in [0.05, 0.1) is 11.8 Å². The van der Waals surface area contributed by atoms with Crippen LogP contribution in [-0.2, 0) is 6.18 Å². The number of carbonyl (C=O) groups is 1. The maximum absolute atomic E-state index is 12.9. The van der Waals surface area contributed by atoms with Gasteiger partial charge in [0.25, 0.3) is 5.91 Å². The van der Waals surface area contributed by atoms with Crippen LogP contribution in [0.25, 0.3) is 11.4 Å². The van der Waals surface area contributed by atoms with Crippen LogP contribution in [-0.4, -0.2) is 16.0 Å². The molecule has 0 saturated carbocycles. The summed E-state index contributed by atoms with van der Waals surface area (Å²) in [5, 5.41) is 6.57. The minimum absolute atomic E-state index is 0.0154. The van der Waals surface area contributed by atoms with Gasteiger partial charge in [0.1, 0.15) is 6.04 Å². The molecule has 0 spiro atoms. The molecule has 9 heteroatoms. The minimum atomic E-state index is -4.47. The Morgan fingerprint density at radius 1 is 1.25 bits per heavy atom. The van der Waals surface area contributed by atoms with E-state index in [4.69, 9.17) is 8.94 Å². The normalized spacial score (nSPS) is 13.9. The molecule has 1 amide bonds. The van der Waals surface area contributed by atoms with Crippen LogP contribution in [0.15, 0.2) is 51.6 Å². The fourth-order valence-corrected chi connectivity index (χ4v) is 2.62. The second kappa shape index (κ2) is 7.87. The van der Waals surface area contributed by atoms with Gasteiger partial charge in [-0.1, -0.05) is 37.6 Å². The van der Waals surface area contributed by atoms with Crippen molar-refractivity contribution >= 4 is 5.91 Å². The first-order valence-electron chi connectivity index (χ1n) is 8.65. The molecule has 2 atom stereocenters. The SMILES string of the molecule is CC[C@@H](C)[C@H](NC(=O)c1ccco1)c1nc(-c2cccc(C(F)(F)F)c2)no1. The Labute approximate surface area is 158 Å². The van der Waals surface area contributed by atoms with Gasteiger partial charge >= 0.3 is 6.18 Å². The minimum Gasteiger partial charge on any atom is -0.459 e. The van der Waals surface area contributed by atoms with Crippen molar-refractivity contribution in [2.45, 2.75) is 32.5 Å². The Kier molecular flexibility index (Phi) is 5.53. The number of rotatable bonds is 6. The van der Waals surface area contributed by atoms with Gasteiger partial charge in [-0.05, 0) is 30.2 Å². The third-order valence-corrected chi connectivity index (χ3v) is 4.40. The Bertz CT molecular complexity index is 935. The number of alkyl halides is 3. The second-order valence-corrected chi connectivity index (χ2v) is 6.35. The van der Waals surface area contributed by atoms with Crippen LogP contribution in [0.4, 0.5) is 13.2 Å². The number of halogens is 3. The van der Waals surface area contributed by atoms with Crippen LogP contribution in [0.2, 0.25) is 0 Å². The van der Waals surface area contributed by atoms with Crippen LogP contribution < -0.4 is 5.32 Å². The molecule has 0 aliphatic carbocycles. The van der Waals surface area contributed by atoms with E-state index >= 15 is 0 Å². The van der Waals surface area contributed by atoms with E-state index in [0.29, 0.717) is 6.42 Å². The molecule has 0 saturated heterocycles. The van der Waals surface area contributed by atoms with Gasteiger partial charge < -0.3 is 14.3 Å². The number of carbonyl (C=O) groups excluding carboxylic acids is 1. The highest BCUT2D eigenvalue weighted by Crippen LogP contribution is 2.32. The summed E-state index contributed by atoms with van der Waals surface area (Å²) in [6.45, 7) is 3.82. The van der Waals surface area contributed by atoms with Gasteiger partial charge in [0, 0.05) is 5.56 Å². The molecular weight excluding hydrogens is 375 g/mol. The lowest BCUT2D eigenvalue weighted by Crippen LogP contribution is -2.32. The zero-order chi connectivity index (χ0) is 20.3. The molecule has 28 heavy (non-hydrogen) atoms. The number of hydrogen-bond donors (Lipinski definition) is 1. The summed E-state index contributed by atoms with van der Waals surface area (Å²) in [6.07, 6.45) is -2.39. The van der Waals surface area contributed by atoms with E-state index in [0.717, 1.165) is 12.1 Å². The Morgan fingerprint density at radius 3 is 2.68 bits per heavy atom. The second-order valence-electron chi connectivity index (χ2n) is 6.35. The van der Waals surface area contributed by atoms with Crippen molar-refractivity contribution in [3.63, 3.8) is 0 Å². The Morgan fingerprint density at radius 2 is 2.04 bits per heavy atom. The summed E-state index contributed by atoms with van der Waals surface area (Å²) >= 11 is 0. The molecule has 1 aromatic carbocycles. The molecule has 0 fully saturated rings. The van der Waals surface area contributed by atoms with Crippen LogP contribution >= 0.6 is 0 Å². The van der Waals surface area contributed by atoms with Crippen molar-refractivity contribution in [2.75, 3.05) is 0 Å². The summed E-state index contributed by atoms with van der Waals surface area (Å²) in [7, 11) is 0. The first kappa shape index (κ1) is 19.7. The average molecular weight is 393 g/mol. The van der Waals surface area contributed by atoms with Crippen LogP contribution in [0.5, 0.6) is 0 Å². The Balaban J connectivity index is 1.87. The summed E-state index contributed by atoms with van der Waals surface area (Å²) in [6, 6.07) is 7.15. The quantitative estimate of drug-likeness (QED) is 0.646. The molecule has 1 N–H and O–H groups in total. The van der Waals surface area contributed by atoms with Crippen molar-refractivity contribution in [1.82, 2.24) is 15.5 Å². The molecule has 3 aromatic rings. The lowest BCUT2D eigenvalue weighted by molar-refractivity contribution is -0.137. The zero-order valence-electron chi connectivity index (χ0n) is 15.2. The maximum Gasteiger partial charge on any atom is 0.416 e. The van der Waals surface area contributed by atoms with Crippen LogP contribution in [0.1, 0.15) is 48.3 Å². The predicted octanol–water partition coefficient (Wildman–Crippen LogP) is 4.87. The monoisotopic (exact) mass is 393 g/mol. The van der Waals surface area contributed by atoms with Gasteiger partial charge in [0.2, 0.25) is 11.7 Å². The molecule has 3 rings (SSSR count). The van der Waals surface area contributed by atoms with Gasteiger partial charge in [-0.15, -0.1) is 0 Å². The van der Waals surface area contributed by atoms with Gasteiger partial charge in [-0.3, -0.25) is 4.79 Å². The lowest BCUT2D eigenvalue weighted by Gasteiger charge is -2.20. The average Bonchev–Trinajstić information content (AvgIpc) is 3.36. The van der Waals surface area contributed by atoms with E-state index in [1.165, 1.54) is 24.5 Å². The molecule has 6 nitrogen and oxygen atoms in total. The van der Waals surface area contributed by atoms with Gasteiger partial charge in [-0.2, -0.15) is 18.2 Å². The van der Waals surface area contributed by atoms with Gasteiger partial charge in [-0.25, -0.2) is 0 Å². The van der Waals surface area contributed by atoms with E-state index < -0.39 is 23.7 Å². The molecule has 0 unspecified atom stereocenters. The summed E-state index contributed by atoms with van der Waals surface area (Å²) < 4.78 is 49.1. The molecule has 2 aromatic heterocycles. The van der Waals surface area contributed by atoms with E-state index in [2.05, 4.69) is 15.5 Å². The molecule has 0 aliphatic rings. The topological polar surface area (TPSA) is 81.2 Å². The fourth-order valence-electron chi connectivity index (χ4n) is 2.62. The number of aromatic nitrogens is 2. The number of furan rings is 1. The molecule has 0 aliphatic heterocycles. The number of amides is 1. The number of hydrogen-bond acceptors (Lipinski definition) is 5. The highest BCUT2D eigenvalue weighted by atomic mass is 19.4. The van der Waals surface area contributed by atoms with Crippen molar-refractivity contribution in [2.24, 2.45) is 5.92 Å². The van der Waals surface area contributed by atoms with Crippen molar-refractivity contribution in [3.8, 4) is 11.4 Å². The van der Waals surface area contributed by atoms with E-state index in [9.17, 15) is 18.0 Å². The summed E-state index contributed by atoms with van der Waals surface area (Å²) in [5.41, 5.74) is -0.633. The van der Waals surface area contributed by atoms with E-state index in [-0.39, 0.29) is 29.0 Å². The first-order valence-corrected chi connectivity index (χ1v) is 8.65. The molecular formula is C19H18F3N3O3. The third kappa shape index (κ3) is 4.24. The lowest BCUT2D eigenvalue weighted by atomic mass is 9.99. The summed E-state index contributed by atoms with van der Waals surface area (Å²) in [5.74, 6) is -0.253. The van der Waals surface area contributed by atoms with Crippen LogP contribution in [0, 0.1) is 5.92 Å². The van der Waals surface area contributed by atoms with Crippen molar-refractivity contribution < 1.29 is 26.9 Å². The predicted molar refractivity (Wildman–Crippen MR) is 93.1 cm³/mol. The smallest absolute Gasteiger partial charge is 0.416 e. The van der Waals surface area contributed by atoms with Gasteiger partial charge in [0.15, 0.2) is 5.76 Å². The first-order chi connectivity index (χ1) is 13.3. The summed E-state index contributed by atoms with van der Waals surface area (Å²) in [4.78, 5) is 16.5. The van der Waals surface area contributed by atoms with E-state index in [1.54, 1.807) is 6.07 Å². The van der Waals surface area contributed by atoms with Crippen molar-refractivity contribution in [1.29, 1.82) is 0 Å². The number of nitrogens with one attached hydrogen (secondary N) is 1. The highest BCUT2D eigenvalue weighted by Gasteiger charge is 2.31. The molecule has 0 radical (unpaired) electrons. The molecule has 2 heterocycles. The van der Waals surface area contributed by atoms with Crippen LogP contribution in [0.3, 0.4) is 0 Å². The molecule has 0 bridgehead atoms. The highest BCUT2D eigenvalue weighted by molar-refractivity contribution is 5.91. The number of benzene rings is 1. The van der Waals surface area contributed by atoms with E-state index in [1.807, 2.05) is 13.8 Å².